The fourth-order valence-electron chi connectivity index (χ4n) is 2.56. The van der Waals surface area contributed by atoms with Gasteiger partial charge in [-0.15, -0.1) is 0 Å². The molecule has 0 fully saturated rings. The van der Waals surface area contributed by atoms with Gasteiger partial charge in [0.15, 0.2) is 11.9 Å². The zero-order chi connectivity index (χ0) is 17.5. The van der Waals surface area contributed by atoms with E-state index in [0.29, 0.717) is 5.82 Å². The Morgan fingerprint density at radius 1 is 1.16 bits per heavy atom. The monoisotopic (exact) mass is 336 g/mol. The smallest absolute Gasteiger partial charge is 0.259 e. The molecule has 0 saturated heterocycles. The highest BCUT2D eigenvalue weighted by Gasteiger charge is 2.20. The number of methoxy groups -OCH3 is 1. The topological polar surface area (TPSA) is 69.0 Å². The molecule has 1 N–H and O–H groups in total. The van der Waals surface area contributed by atoms with Gasteiger partial charge in [0.2, 0.25) is 0 Å². The number of ether oxygens (including phenoxy) is 1. The van der Waals surface area contributed by atoms with Crippen LogP contribution in [0.2, 0.25) is 0 Å². The van der Waals surface area contributed by atoms with Gasteiger partial charge in [0.05, 0.1) is 0 Å². The molecule has 0 saturated carbocycles. The van der Waals surface area contributed by atoms with Gasteiger partial charge >= 0.3 is 0 Å². The first kappa shape index (κ1) is 16.9. The molecular weight excluding hydrogens is 316 g/mol. The molecule has 1 atom stereocenters. The largest absolute Gasteiger partial charge is 0.367 e. The number of benzene rings is 1. The van der Waals surface area contributed by atoms with Gasteiger partial charge in [-0.1, -0.05) is 30.3 Å². The number of hydrogen-bond donors (Lipinski definition) is 1. The summed E-state index contributed by atoms with van der Waals surface area (Å²) in [6.45, 7) is 0.728. The molecular formula is C19H20N4O2. The second-order valence-corrected chi connectivity index (χ2v) is 5.59. The molecule has 0 radical (unpaired) electrons. The van der Waals surface area contributed by atoms with Crippen molar-refractivity contribution < 1.29 is 9.53 Å². The minimum atomic E-state index is -0.664. The van der Waals surface area contributed by atoms with Crippen LogP contribution in [0.5, 0.6) is 0 Å². The third kappa shape index (κ3) is 4.51. The fraction of sp³-hybridized carbons (Fsp3) is 0.211. The molecule has 0 spiro atoms. The van der Waals surface area contributed by atoms with Gasteiger partial charge in [-0.2, -0.15) is 5.10 Å². The predicted molar refractivity (Wildman–Crippen MR) is 95.0 cm³/mol. The van der Waals surface area contributed by atoms with Gasteiger partial charge in [-0.3, -0.25) is 14.5 Å². The van der Waals surface area contributed by atoms with Crippen LogP contribution in [0.15, 0.2) is 67.1 Å². The van der Waals surface area contributed by atoms with Crippen molar-refractivity contribution in [3.8, 4) is 0 Å². The van der Waals surface area contributed by atoms with Gasteiger partial charge < -0.3 is 10.1 Å². The number of amides is 1. The van der Waals surface area contributed by atoms with Gasteiger partial charge in [-0.05, 0) is 29.7 Å². The number of aryl methyl sites for hydroxylation is 2. The Morgan fingerprint density at radius 3 is 2.64 bits per heavy atom. The quantitative estimate of drug-likeness (QED) is 0.720. The highest BCUT2D eigenvalue weighted by atomic mass is 16.5. The molecule has 128 valence electrons. The summed E-state index contributed by atoms with van der Waals surface area (Å²) in [7, 11) is 1.52. The zero-order valence-electron chi connectivity index (χ0n) is 14.0. The summed E-state index contributed by atoms with van der Waals surface area (Å²) in [5.74, 6) is 0.269. The minimum absolute atomic E-state index is 0.243. The Balaban J connectivity index is 1.59. The van der Waals surface area contributed by atoms with Crippen molar-refractivity contribution >= 4 is 11.7 Å². The lowest BCUT2D eigenvalue weighted by Crippen LogP contribution is -2.23. The maximum Gasteiger partial charge on any atom is 0.259 e. The van der Waals surface area contributed by atoms with Crippen molar-refractivity contribution in [2.24, 2.45) is 0 Å². The lowest BCUT2D eigenvalue weighted by Gasteiger charge is -2.14. The van der Waals surface area contributed by atoms with Gasteiger partial charge in [0.1, 0.15) is 0 Å². The molecule has 3 aromatic rings. The fourth-order valence-corrected chi connectivity index (χ4v) is 2.56. The van der Waals surface area contributed by atoms with Crippen LogP contribution in [-0.4, -0.2) is 27.8 Å². The highest BCUT2D eigenvalue weighted by molar-refractivity contribution is 5.94. The minimum Gasteiger partial charge on any atom is -0.367 e. The SMILES string of the molecule is CO[C@@H](C(=O)Nc1ccn(CCc2ccncc2)n1)c1ccccc1. The van der Waals surface area contributed by atoms with Gasteiger partial charge in [0, 0.05) is 38.3 Å². The van der Waals surface area contributed by atoms with Crippen molar-refractivity contribution in [1.29, 1.82) is 0 Å². The first-order chi connectivity index (χ1) is 12.3. The van der Waals surface area contributed by atoms with Crippen LogP contribution in [-0.2, 0) is 22.5 Å². The molecule has 1 amide bonds. The Kier molecular flexibility index (Phi) is 5.53. The number of pyridine rings is 1. The lowest BCUT2D eigenvalue weighted by molar-refractivity contribution is -0.126. The first-order valence-electron chi connectivity index (χ1n) is 8.07. The average molecular weight is 336 g/mol. The van der Waals surface area contributed by atoms with Crippen LogP contribution in [0.3, 0.4) is 0 Å². The molecule has 6 heteroatoms. The van der Waals surface area contributed by atoms with Gasteiger partial charge in [-0.25, -0.2) is 0 Å². The second-order valence-electron chi connectivity index (χ2n) is 5.59. The van der Waals surface area contributed by atoms with E-state index in [9.17, 15) is 4.79 Å². The van der Waals surface area contributed by atoms with E-state index in [1.54, 1.807) is 23.1 Å². The van der Waals surface area contributed by atoms with Gasteiger partial charge in [0.25, 0.3) is 5.91 Å². The van der Waals surface area contributed by atoms with Crippen LogP contribution in [0.4, 0.5) is 5.82 Å². The normalized spacial score (nSPS) is 11.9. The van der Waals surface area contributed by atoms with E-state index >= 15 is 0 Å². The summed E-state index contributed by atoms with van der Waals surface area (Å²) >= 11 is 0. The summed E-state index contributed by atoms with van der Waals surface area (Å²) in [6, 6.07) is 15.1. The molecule has 3 rings (SSSR count). The maximum atomic E-state index is 12.4. The molecule has 0 aliphatic carbocycles. The van der Waals surface area contributed by atoms with Crippen LogP contribution >= 0.6 is 0 Å². The summed E-state index contributed by atoms with van der Waals surface area (Å²) in [5.41, 5.74) is 2.00. The number of nitrogens with zero attached hydrogens (tertiary/aromatic N) is 3. The van der Waals surface area contributed by atoms with E-state index in [2.05, 4.69) is 15.4 Å². The summed E-state index contributed by atoms with van der Waals surface area (Å²) in [5, 5.41) is 7.19. The third-order valence-corrected chi connectivity index (χ3v) is 3.85. The van der Waals surface area contributed by atoms with Crippen LogP contribution in [0, 0.1) is 0 Å². The van der Waals surface area contributed by atoms with E-state index in [4.69, 9.17) is 4.74 Å². The zero-order valence-corrected chi connectivity index (χ0v) is 14.0. The summed E-state index contributed by atoms with van der Waals surface area (Å²) in [4.78, 5) is 16.4. The molecule has 6 nitrogen and oxygen atoms in total. The van der Waals surface area contributed by atoms with E-state index in [0.717, 1.165) is 18.5 Å². The van der Waals surface area contributed by atoms with Crippen molar-refractivity contribution in [3.63, 3.8) is 0 Å². The number of aromatic nitrogens is 3. The summed E-state index contributed by atoms with van der Waals surface area (Å²) < 4.78 is 7.14. The number of anilines is 1. The first-order valence-corrected chi connectivity index (χ1v) is 8.07. The van der Waals surface area contributed by atoms with Crippen LogP contribution < -0.4 is 5.32 Å². The van der Waals surface area contributed by atoms with Crippen molar-refractivity contribution in [2.75, 3.05) is 12.4 Å². The van der Waals surface area contributed by atoms with E-state index in [-0.39, 0.29) is 5.91 Å². The second kappa shape index (κ2) is 8.21. The molecule has 0 unspecified atom stereocenters. The average Bonchev–Trinajstić information content (AvgIpc) is 3.10. The number of carbonyl (C=O) groups excluding carboxylic acids is 1. The highest BCUT2D eigenvalue weighted by Crippen LogP contribution is 2.18. The number of nitrogens with one attached hydrogen (secondary N) is 1. The molecule has 1 aromatic carbocycles. The molecule has 0 aliphatic heterocycles. The van der Waals surface area contributed by atoms with E-state index in [1.807, 2.05) is 48.7 Å². The predicted octanol–water partition coefficient (Wildman–Crippen LogP) is 2.85. The van der Waals surface area contributed by atoms with E-state index in [1.165, 1.54) is 12.7 Å². The Labute approximate surface area is 146 Å². The Morgan fingerprint density at radius 2 is 1.92 bits per heavy atom. The summed E-state index contributed by atoms with van der Waals surface area (Å²) in [6.07, 6.45) is 5.59. The molecule has 2 heterocycles. The molecule has 25 heavy (non-hydrogen) atoms. The Hall–Kier alpha value is -2.99. The van der Waals surface area contributed by atoms with Crippen LogP contribution in [0.25, 0.3) is 0 Å². The molecule has 2 aromatic heterocycles. The molecule has 0 aliphatic rings. The Bertz CT molecular complexity index is 803. The lowest BCUT2D eigenvalue weighted by atomic mass is 10.1. The van der Waals surface area contributed by atoms with E-state index < -0.39 is 6.10 Å². The number of carbonyl (C=O) groups is 1. The van der Waals surface area contributed by atoms with Crippen molar-refractivity contribution in [2.45, 2.75) is 19.1 Å². The third-order valence-electron chi connectivity index (χ3n) is 3.85. The number of hydrogen-bond acceptors (Lipinski definition) is 4. The molecule has 0 bridgehead atoms. The maximum absolute atomic E-state index is 12.4. The number of rotatable bonds is 7. The van der Waals surface area contributed by atoms with Crippen LogP contribution in [0.1, 0.15) is 17.2 Å². The van der Waals surface area contributed by atoms with Crippen molar-refractivity contribution in [3.05, 3.63) is 78.2 Å². The van der Waals surface area contributed by atoms with Crippen molar-refractivity contribution in [1.82, 2.24) is 14.8 Å². The standard InChI is InChI=1S/C19H20N4O2/c1-25-18(16-5-3-2-4-6-16)19(24)21-17-10-14-23(22-17)13-9-15-7-11-20-12-8-15/h2-8,10-12,14,18H,9,13H2,1H3,(H,21,22,24)/t18-/m1/s1.